The van der Waals surface area contributed by atoms with Gasteiger partial charge < -0.3 is 9.78 Å². The lowest BCUT2D eigenvalue weighted by molar-refractivity contribution is -0.181. The van der Waals surface area contributed by atoms with Crippen molar-refractivity contribution in [1.29, 1.82) is 0 Å². The minimum Gasteiger partial charge on any atom is -0.338 e. The van der Waals surface area contributed by atoms with E-state index in [0.717, 1.165) is 0 Å². The molecule has 0 amide bonds. The van der Waals surface area contributed by atoms with Gasteiger partial charge in [0.1, 0.15) is 0 Å². The van der Waals surface area contributed by atoms with E-state index in [1.807, 2.05) is 0 Å². The summed E-state index contributed by atoms with van der Waals surface area (Å²) in [5.41, 5.74) is 0. The van der Waals surface area contributed by atoms with Crippen molar-refractivity contribution in [1.82, 2.24) is 0 Å². The number of hydrogen-bond acceptors (Lipinski definition) is 4. The van der Waals surface area contributed by atoms with Crippen LogP contribution in [0, 0.1) is 0 Å². The molecule has 1 aromatic carbocycles. The molecule has 1 aromatic rings. The summed E-state index contributed by atoms with van der Waals surface area (Å²) in [4.78, 5) is 18.4. The van der Waals surface area contributed by atoms with Gasteiger partial charge in [-0.15, -0.1) is 0 Å². The summed E-state index contributed by atoms with van der Waals surface area (Å²) in [7, 11) is 2.89. The number of hydrogen-bond donors (Lipinski definition) is 0. The third-order valence-corrected chi connectivity index (χ3v) is 1.18. The van der Waals surface area contributed by atoms with Gasteiger partial charge in [-0.05, 0) is 24.3 Å². The van der Waals surface area contributed by atoms with Gasteiger partial charge in [0.2, 0.25) is 0 Å². The molecule has 0 aliphatic heterocycles. The van der Waals surface area contributed by atoms with Crippen LogP contribution in [0.15, 0.2) is 24.3 Å². The zero-order valence-corrected chi connectivity index (χ0v) is 6.94. The molecule has 0 bridgehead atoms. The minimum atomic E-state index is 0.612. The molecule has 1 rings (SSSR count). The van der Waals surface area contributed by atoms with E-state index in [1.165, 1.54) is 14.2 Å². The van der Waals surface area contributed by atoms with Crippen molar-refractivity contribution in [2.24, 2.45) is 0 Å². The molecule has 0 aliphatic rings. The molecule has 0 spiro atoms. The topological polar surface area (TPSA) is 36.9 Å². The summed E-state index contributed by atoms with van der Waals surface area (Å²) in [5.74, 6) is 1.22. The molecule has 66 valence electrons. The Kier molecular flexibility index (Phi) is 3.37. The summed E-state index contributed by atoms with van der Waals surface area (Å²) in [6.45, 7) is 0. The van der Waals surface area contributed by atoms with E-state index in [-0.39, 0.29) is 0 Å². The maximum absolute atomic E-state index is 4.74. The van der Waals surface area contributed by atoms with Crippen molar-refractivity contribution >= 4 is 0 Å². The lowest BCUT2D eigenvalue weighted by Gasteiger charge is -2.02. The van der Waals surface area contributed by atoms with Gasteiger partial charge in [0.25, 0.3) is 0 Å². The minimum absolute atomic E-state index is 0.612. The van der Waals surface area contributed by atoms with Crippen molar-refractivity contribution in [3.05, 3.63) is 24.3 Å². The lowest BCUT2D eigenvalue weighted by Crippen LogP contribution is -1.92. The quantitative estimate of drug-likeness (QED) is 0.507. The predicted molar refractivity (Wildman–Crippen MR) is 41.7 cm³/mol. The molecule has 0 fully saturated rings. The monoisotopic (exact) mass is 170 g/mol. The van der Waals surface area contributed by atoms with E-state index in [2.05, 4.69) is 9.78 Å². The summed E-state index contributed by atoms with van der Waals surface area (Å²) in [5, 5.41) is 0. The summed E-state index contributed by atoms with van der Waals surface area (Å²) in [6.07, 6.45) is 0. The maximum Gasteiger partial charge on any atom is 0.165 e. The molecule has 0 radical (unpaired) electrons. The Labute approximate surface area is 70.5 Å². The molecule has 0 atom stereocenters. The second-order valence-corrected chi connectivity index (χ2v) is 1.97. The SMILES string of the molecule is COOc1ccc(OOC)cc1. The lowest BCUT2D eigenvalue weighted by atomic mass is 10.3. The Balaban J connectivity index is 2.58. The zero-order valence-electron chi connectivity index (χ0n) is 6.94. The Bertz CT molecular complexity index is 194. The first-order valence-electron chi connectivity index (χ1n) is 3.38. The second-order valence-electron chi connectivity index (χ2n) is 1.97. The molecule has 0 unspecified atom stereocenters. The largest absolute Gasteiger partial charge is 0.338 e. The van der Waals surface area contributed by atoms with Crippen LogP contribution in [0.1, 0.15) is 0 Å². The van der Waals surface area contributed by atoms with Crippen LogP contribution >= 0.6 is 0 Å². The first kappa shape index (κ1) is 8.83. The van der Waals surface area contributed by atoms with Crippen LogP contribution in [0.4, 0.5) is 0 Å². The highest BCUT2D eigenvalue weighted by atomic mass is 17.2. The van der Waals surface area contributed by atoms with Gasteiger partial charge in [0.05, 0.1) is 14.2 Å². The molecule has 0 heterocycles. The number of benzene rings is 1. The molecule has 4 nitrogen and oxygen atoms in total. The van der Waals surface area contributed by atoms with E-state index in [9.17, 15) is 0 Å². The van der Waals surface area contributed by atoms with Crippen molar-refractivity contribution < 1.29 is 19.6 Å². The van der Waals surface area contributed by atoms with Gasteiger partial charge in [-0.1, -0.05) is 0 Å². The first-order valence-corrected chi connectivity index (χ1v) is 3.38. The fourth-order valence-electron chi connectivity index (χ4n) is 0.743. The molecule has 4 heteroatoms. The fourth-order valence-corrected chi connectivity index (χ4v) is 0.743. The molecular weight excluding hydrogens is 160 g/mol. The normalized spacial score (nSPS) is 9.50. The van der Waals surface area contributed by atoms with Gasteiger partial charge >= 0.3 is 0 Å². The molecular formula is C8H10O4. The zero-order chi connectivity index (χ0) is 8.81. The highest BCUT2D eigenvalue weighted by Gasteiger charge is 1.95. The highest BCUT2D eigenvalue weighted by Crippen LogP contribution is 2.17. The molecule has 0 saturated carbocycles. The molecule has 12 heavy (non-hydrogen) atoms. The Morgan fingerprint density at radius 3 is 1.33 bits per heavy atom. The van der Waals surface area contributed by atoms with Gasteiger partial charge in [-0.25, -0.2) is 0 Å². The van der Waals surface area contributed by atoms with E-state index < -0.39 is 0 Å². The Hall–Kier alpha value is -1.26. The van der Waals surface area contributed by atoms with Crippen LogP contribution < -0.4 is 9.78 Å². The van der Waals surface area contributed by atoms with Crippen molar-refractivity contribution in [3.8, 4) is 11.5 Å². The van der Waals surface area contributed by atoms with E-state index in [1.54, 1.807) is 24.3 Å². The fraction of sp³-hybridized carbons (Fsp3) is 0.250. The van der Waals surface area contributed by atoms with Gasteiger partial charge in [-0.3, -0.25) is 0 Å². The number of rotatable bonds is 4. The van der Waals surface area contributed by atoms with Crippen molar-refractivity contribution in [2.45, 2.75) is 0 Å². The van der Waals surface area contributed by atoms with Gasteiger partial charge in [0.15, 0.2) is 11.5 Å². The van der Waals surface area contributed by atoms with Crippen molar-refractivity contribution in [3.63, 3.8) is 0 Å². The summed E-state index contributed by atoms with van der Waals surface area (Å²) in [6, 6.07) is 6.82. The van der Waals surface area contributed by atoms with Gasteiger partial charge in [0, 0.05) is 0 Å². The average Bonchev–Trinajstić information content (AvgIpc) is 2.09. The molecule has 0 N–H and O–H groups in total. The molecule has 0 aliphatic carbocycles. The first-order chi connectivity index (χ1) is 5.86. The van der Waals surface area contributed by atoms with E-state index in [4.69, 9.17) is 9.78 Å². The predicted octanol–water partition coefficient (Wildman–Crippen LogP) is 1.57. The molecule has 0 aromatic heterocycles. The Morgan fingerprint density at radius 1 is 0.750 bits per heavy atom. The summed E-state index contributed by atoms with van der Waals surface area (Å²) >= 11 is 0. The average molecular weight is 170 g/mol. The van der Waals surface area contributed by atoms with Crippen LogP contribution in [0.3, 0.4) is 0 Å². The second kappa shape index (κ2) is 4.58. The van der Waals surface area contributed by atoms with Crippen LogP contribution in [-0.4, -0.2) is 14.2 Å². The van der Waals surface area contributed by atoms with E-state index in [0.29, 0.717) is 11.5 Å². The van der Waals surface area contributed by atoms with Gasteiger partial charge in [-0.2, -0.15) is 9.78 Å². The molecule has 0 saturated heterocycles. The van der Waals surface area contributed by atoms with Crippen LogP contribution in [0.5, 0.6) is 11.5 Å². The third kappa shape index (κ3) is 2.41. The van der Waals surface area contributed by atoms with E-state index >= 15 is 0 Å². The standard InChI is InChI=1S/C8H10O4/c1-9-11-7-3-5-8(6-4-7)12-10-2/h3-6H,1-2H3. The third-order valence-electron chi connectivity index (χ3n) is 1.18. The maximum atomic E-state index is 4.74. The van der Waals surface area contributed by atoms with Crippen molar-refractivity contribution in [2.75, 3.05) is 14.2 Å². The van der Waals surface area contributed by atoms with Crippen LogP contribution in [0.25, 0.3) is 0 Å². The highest BCUT2D eigenvalue weighted by molar-refractivity contribution is 5.30. The summed E-state index contributed by atoms with van der Waals surface area (Å²) < 4.78 is 0. The Morgan fingerprint density at radius 2 is 1.08 bits per heavy atom. The smallest absolute Gasteiger partial charge is 0.165 e. The van der Waals surface area contributed by atoms with Crippen LogP contribution in [0.2, 0.25) is 0 Å². The van der Waals surface area contributed by atoms with Crippen LogP contribution in [-0.2, 0) is 9.78 Å².